The van der Waals surface area contributed by atoms with Gasteiger partial charge in [0, 0.05) is 25.0 Å². The van der Waals surface area contributed by atoms with E-state index in [1.807, 2.05) is 24.4 Å². The van der Waals surface area contributed by atoms with E-state index in [1.165, 1.54) is 22.4 Å². The molecule has 2 aromatic rings. The van der Waals surface area contributed by atoms with Gasteiger partial charge in [-0.3, -0.25) is 4.79 Å². The average molecular weight is 348 g/mol. The maximum atomic E-state index is 12.3. The van der Waals surface area contributed by atoms with Gasteiger partial charge in [-0.2, -0.15) is 4.57 Å². The number of pyridine rings is 1. The van der Waals surface area contributed by atoms with Crippen molar-refractivity contribution >= 4 is 5.78 Å². The molecule has 1 aromatic heterocycles. The number of nitrogens with zero attached hydrogens (tertiary/aromatic N) is 1. The summed E-state index contributed by atoms with van der Waals surface area (Å²) in [6.07, 6.45) is 3.45. The van der Waals surface area contributed by atoms with Gasteiger partial charge in [-0.1, -0.05) is 31.2 Å². The minimum atomic E-state index is 0. The van der Waals surface area contributed by atoms with Crippen LogP contribution in [0.1, 0.15) is 29.3 Å². The second-order valence-electron chi connectivity index (χ2n) is 5.26. The lowest BCUT2D eigenvalue weighted by molar-refractivity contribution is -0.691. The zero-order valence-electron chi connectivity index (χ0n) is 12.9. The Bertz CT molecular complexity index is 602. The van der Waals surface area contributed by atoms with Crippen molar-refractivity contribution < 1.29 is 26.3 Å². The van der Waals surface area contributed by atoms with Crippen LogP contribution in [0, 0.1) is 13.8 Å². The van der Waals surface area contributed by atoms with Crippen molar-refractivity contribution in [2.24, 2.45) is 0 Å². The summed E-state index contributed by atoms with van der Waals surface area (Å²) in [5, 5.41) is 0. The quantitative estimate of drug-likeness (QED) is 0.696. The molecular weight excluding hydrogens is 326 g/mol. The summed E-state index contributed by atoms with van der Waals surface area (Å²) in [5.41, 5.74) is 4.77. The van der Waals surface area contributed by atoms with E-state index in [1.54, 1.807) is 0 Å². The Balaban J connectivity index is 0.00000220. The Morgan fingerprint density at radius 2 is 1.71 bits per heavy atom. The zero-order valence-corrected chi connectivity index (χ0v) is 14.5. The molecule has 0 saturated heterocycles. The number of Topliss-reactive ketones (excluding diaryl/α,β-unsaturated/α-hetero) is 1. The van der Waals surface area contributed by atoms with Crippen LogP contribution in [0.2, 0.25) is 0 Å². The lowest BCUT2D eigenvalue weighted by Crippen LogP contribution is -3.00. The van der Waals surface area contributed by atoms with Crippen LogP contribution in [-0.4, -0.2) is 5.78 Å². The molecule has 0 spiro atoms. The Morgan fingerprint density at radius 1 is 1.05 bits per heavy atom. The fourth-order valence-corrected chi connectivity index (χ4v) is 2.56. The Hall–Kier alpha value is -1.48. The van der Waals surface area contributed by atoms with Gasteiger partial charge in [-0.25, -0.2) is 0 Å². The molecule has 0 amide bonds. The van der Waals surface area contributed by atoms with Gasteiger partial charge in [0.1, 0.15) is 0 Å². The maximum absolute atomic E-state index is 12.3. The summed E-state index contributed by atoms with van der Waals surface area (Å²) >= 11 is 0. The monoisotopic (exact) mass is 347 g/mol. The molecule has 3 heteroatoms. The first-order valence-corrected chi connectivity index (χ1v) is 7.16. The predicted molar refractivity (Wildman–Crippen MR) is 80.6 cm³/mol. The molecule has 21 heavy (non-hydrogen) atoms. The minimum absolute atomic E-state index is 0. The van der Waals surface area contributed by atoms with Gasteiger partial charge in [0.25, 0.3) is 0 Å². The van der Waals surface area contributed by atoms with Crippen LogP contribution >= 0.6 is 0 Å². The summed E-state index contributed by atoms with van der Waals surface area (Å²) in [4.78, 5) is 12.3. The Labute approximate surface area is 137 Å². The lowest BCUT2D eigenvalue weighted by Gasteiger charge is -2.08. The van der Waals surface area contributed by atoms with Gasteiger partial charge in [-0.05, 0) is 30.5 Å². The number of benzene rings is 1. The van der Waals surface area contributed by atoms with Crippen molar-refractivity contribution in [3.05, 3.63) is 65.0 Å². The smallest absolute Gasteiger partial charge is 0.207 e. The number of rotatable bonds is 5. The van der Waals surface area contributed by atoms with Crippen LogP contribution in [0.15, 0.2) is 42.6 Å². The fourth-order valence-electron chi connectivity index (χ4n) is 2.56. The van der Waals surface area contributed by atoms with Crippen LogP contribution in [0.3, 0.4) is 0 Å². The maximum Gasteiger partial charge on any atom is 0.207 e. The zero-order chi connectivity index (χ0) is 14.5. The van der Waals surface area contributed by atoms with E-state index in [0.717, 1.165) is 6.42 Å². The summed E-state index contributed by atoms with van der Waals surface area (Å²) in [6, 6.07) is 12.3. The average Bonchev–Trinajstić information content (AvgIpc) is 2.44. The fraction of sp³-hybridized carbons (Fsp3) is 0.333. The molecule has 0 fully saturated rings. The van der Waals surface area contributed by atoms with Crippen molar-refractivity contribution in [3.63, 3.8) is 0 Å². The summed E-state index contributed by atoms with van der Waals surface area (Å²) < 4.78 is 2.05. The molecule has 0 aliphatic heterocycles. The molecular formula is C18H22BrNO. The van der Waals surface area contributed by atoms with E-state index >= 15 is 0 Å². The molecule has 0 aliphatic carbocycles. The highest BCUT2D eigenvalue weighted by molar-refractivity contribution is 5.80. The van der Waals surface area contributed by atoms with Crippen molar-refractivity contribution in [1.29, 1.82) is 0 Å². The van der Waals surface area contributed by atoms with Crippen LogP contribution in [0.5, 0.6) is 0 Å². The van der Waals surface area contributed by atoms with E-state index in [-0.39, 0.29) is 22.8 Å². The lowest BCUT2D eigenvalue weighted by atomic mass is 9.98. The number of ketones is 1. The van der Waals surface area contributed by atoms with Gasteiger partial charge >= 0.3 is 0 Å². The first-order chi connectivity index (χ1) is 9.61. The van der Waals surface area contributed by atoms with Crippen molar-refractivity contribution in [2.75, 3.05) is 0 Å². The third kappa shape index (κ3) is 4.50. The molecule has 112 valence electrons. The second-order valence-corrected chi connectivity index (χ2v) is 5.26. The van der Waals surface area contributed by atoms with Gasteiger partial charge in [0.15, 0.2) is 11.9 Å². The molecule has 0 aliphatic rings. The highest BCUT2D eigenvalue weighted by Crippen LogP contribution is 2.14. The number of carbonyl (C=O) groups excluding carboxylic acids is 1. The number of hydrogen-bond donors (Lipinski definition) is 0. The predicted octanol–water partition coefficient (Wildman–Crippen LogP) is -0.0309. The molecule has 2 nitrogen and oxygen atoms in total. The van der Waals surface area contributed by atoms with Gasteiger partial charge in [0.2, 0.25) is 12.3 Å². The number of aryl methyl sites for hydroxylation is 3. The van der Waals surface area contributed by atoms with Crippen molar-refractivity contribution in [3.8, 4) is 0 Å². The van der Waals surface area contributed by atoms with Crippen molar-refractivity contribution in [2.45, 2.75) is 40.2 Å². The summed E-state index contributed by atoms with van der Waals surface area (Å²) in [7, 11) is 0. The van der Waals surface area contributed by atoms with Crippen LogP contribution in [-0.2, 0) is 24.2 Å². The third-order valence-electron chi connectivity index (χ3n) is 3.76. The van der Waals surface area contributed by atoms with E-state index in [0.29, 0.717) is 13.0 Å². The first kappa shape index (κ1) is 17.6. The standard InChI is InChI=1S/C18H22NO.BrH/c1-4-16-10-5-6-11-19(16)13-17(20)12-18-14(2)8-7-9-15(18)3;/h5-11H,4,12-13H2,1-3H3;1H/q+1;/p-1. The van der Waals surface area contributed by atoms with E-state index in [9.17, 15) is 4.79 Å². The molecule has 0 bridgehead atoms. The topological polar surface area (TPSA) is 20.9 Å². The number of hydrogen-bond acceptors (Lipinski definition) is 1. The SMILES string of the molecule is CCc1cccc[n+]1CC(=O)Cc1c(C)cccc1C.[Br-]. The van der Waals surface area contributed by atoms with E-state index in [4.69, 9.17) is 0 Å². The van der Waals surface area contributed by atoms with Crippen LogP contribution in [0.4, 0.5) is 0 Å². The molecule has 0 atom stereocenters. The highest BCUT2D eigenvalue weighted by Gasteiger charge is 2.15. The van der Waals surface area contributed by atoms with E-state index < -0.39 is 0 Å². The molecule has 0 radical (unpaired) electrons. The molecule has 1 heterocycles. The number of aromatic nitrogens is 1. The molecule has 1 aromatic carbocycles. The van der Waals surface area contributed by atoms with Crippen molar-refractivity contribution in [1.82, 2.24) is 0 Å². The third-order valence-corrected chi connectivity index (χ3v) is 3.76. The molecule has 0 N–H and O–H groups in total. The molecule has 0 saturated carbocycles. The highest BCUT2D eigenvalue weighted by atomic mass is 79.9. The van der Waals surface area contributed by atoms with E-state index in [2.05, 4.69) is 43.5 Å². The van der Waals surface area contributed by atoms with Gasteiger partial charge < -0.3 is 17.0 Å². The first-order valence-electron chi connectivity index (χ1n) is 7.16. The van der Waals surface area contributed by atoms with Gasteiger partial charge in [-0.15, -0.1) is 0 Å². The number of halogens is 1. The molecule has 0 unspecified atom stereocenters. The van der Waals surface area contributed by atoms with Crippen LogP contribution < -0.4 is 21.5 Å². The normalized spacial score (nSPS) is 10.0. The molecule has 2 rings (SSSR count). The largest absolute Gasteiger partial charge is 1.00 e. The number of carbonyl (C=O) groups is 1. The summed E-state index contributed by atoms with van der Waals surface area (Å²) in [6.45, 7) is 6.71. The van der Waals surface area contributed by atoms with Crippen LogP contribution in [0.25, 0.3) is 0 Å². The summed E-state index contributed by atoms with van der Waals surface area (Å²) in [5.74, 6) is 0.258. The minimum Gasteiger partial charge on any atom is -1.00 e. The second kappa shape index (κ2) is 8.08. The van der Waals surface area contributed by atoms with Gasteiger partial charge in [0.05, 0.1) is 0 Å². The Kier molecular flexibility index (Phi) is 6.76. The Morgan fingerprint density at radius 3 is 2.33 bits per heavy atom.